The number of nitriles is 1. The molecule has 0 fully saturated rings. The maximum Gasteiger partial charge on any atom is 0.159 e. The van der Waals surface area contributed by atoms with Crippen molar-refractivity contribution in [3.8, 4) is 6.07 Å². The van der Waals surface area contributed by atoms with E-state index in [-0.39, 0.29) is 0 Å². The molecule has 0 radical (unpaired) electrons. The van der Waals surface area contributed by atoms with Crippen LogP contribution < -0.4 is 0 Å². The molecule has 136 valence electrons. The number of imidazole rings is 1. The van der Waals surface area contributed by atoms with Crippen LogP contribution in [0.4, 0.5) is 0 Å². The van der Waals surface area contributed by atoms with Crippen molar-refractivity contribution < 1.29 is 5.11 Å². The first-order chi connectivity index (χ1) is 13.0. The third-order valence-electron chi connectivity index (χ3n) is 5.02. The average molecular weight is 358 g/mol. The largest absolute Gasteiger partial charge is 0.369 e. The minimum atomic E-state index is -0.851. The van der Waals surface area contributed by atoms with Gasteiger partial charge >= 0.3 is 0 Å². The number of fused-ring (bicyclic) bond motifs is 2. The van der Waals surface area contributed by atoms with E-state index < -0.39 is 6.23 Å². The number of benzene rings is 2. The lowest BCUT2D eigenvalue weighted by molar-refractivity contribution is 0.151. The predicted molar refractivity (Wildman–Crippen MR) is 106 cm³/mol. The molecule has 5 nitrogen and oxygen atoms in total. The van der Waals surface area contributed by atoms with Crippen molar-refractivity contribution in [3.63, 3.8) is 0 Å². The molecule has 1 atom stereocenters. The summed E-state index contributed by atoms with van der Waals surface area (Å²) in [6, 6.07) is 11.7. The van der Waals surface area contributed by atoms with Gasteiger partial charge in [-0.25, -0.2) is 4.98 Å². The van der Waals surface area contributed by atoms with Gasteiger partial charge in [-0.15, -0.1) is 0 Å². The van der Waals surface area contributed by atoms with Crippen molar-refractivity contribution in [3.05, 3.63) is 65.1 Å². The Bertz CT molecular complexity index is 1180. The molecule has 2 heterocycles. The van der Waals surface area contributed by atoms with Crippen LogP contribution in [0.25, 0.3) is 21.9 Å². The topological polar surface area (TPSA) is 77.6 Å². The molecule has 0 amide bonds. The molecule has 0 saturated carbocycles. The van der Waals surface area contributed by atoms with Crippen molar-refractivity contribution in [2.75, 3.05) is 0 Å². The van der Waals surface area contributed by atoms with Gasteiger partial charge in [0.1, 0.15) is 0 Å². The molecule has 4 rings (SSSR count). The molecular formula is C22H22N4O. The molecule has 0 aliphatic heterocycles. The summed E-state index contributed by atoms with van der Waals surface area (Å²) in [5.41, 5.74) is 6.36. The lowest BCUT2D eigenvalue weighted by atomic mass is 9.92. The Balaban J connectivity index is 1.92. The Kier molecular flexibility index (Phi) is 4.21. The summed E-state index contributed by atoms with van der Waals surface area (Å²) < 4.78 is 1.78. The fourth-order valence-electron chi connectivity index (χ4n) is 3.85. The number of nitrogens with zero attached hydrogens (tertiary/aromatic N) is 3. The summed E-state index contributed by atoms with van der Waals surface area (Å²) in [5, 5.41) is 21.5. The minimum Gasteiger partial charge on any atom is -0.369 e. The van der Waals surface area contributed by atoms with E-state index in [4.69, 9.17) is 5.26 Å². The molecular weight excluding hydrogens is 336 g/mol. The number of aromatic amines is 1. The van der Waals surface area contributed by atoms with Crippen molar-refractivity contribution in [1.29, 1.82) is 5.26 Å². The van der Waals surface area contributed by atoms with Crippen LogP contribution in [0.15, 0.2) is 42.9 Å². The van der Waals surface area contributed by atoms with E-state index in [9.17, 15) is 5.11 Å². The third-order valence-corrected chi connectivity index (χ3v) is 5.02. The molecule has 2 aromatic heterocycles. The highest BCUT2D eigenvalue weighted by molar-refractivity contribution is 5.88. The summed E-state index contributed by atoms with van der Waals surface area (Å²) in [6.45, 7) is 6.46. The summed E-state index contributed by atoms with van der Waals surface area (Å²) in [4.78, 5) is 7.68. The Morgan fingerprint density at radius 1 is 1.26 bits per heavy atom. The van der Waals surface area contributed by atoms with Gasteiger partial charge in [0.15, 0.2) is 6.23 Å². The number of hydrogen-bond acceptors (Lipinski definition) is 3. The highest BCUT2D eigenvalue weighted by Gasteiger charge is 2.21. The number of aliphatic hydroxyl groups excluding tert-OH is 1. The normalized spacial score (nSPS) is 12.7. The quantitative estimate of drug-likeness (QED) is 0.566. The van der Waals surface area contributed by atoms with Crippen molar-refractivity contribution in [2.45, 2.75) is 33.4 Å². The van der Waals surface area contributed by atoms with E-state index in [1.807, 2.05) is 18.3 Å². The van der Waals surface area contributed by atoms with E-state index in [1.54, 1.807) is 23.0 Å². The van der Waals surface area contributed by atoms with Crippen molar-refractivity contribution in [1.82, 2.24) is 14.5 Å². The zero-order valence-corrected chi connectivity index (χ0v) is 15.7. The molecule has 27 heavy (non-hydrogen) atoms. The zero-order chi connectivity index (χ0) is 19.1. The van der Waals surface area contributed by atoms with Crippen molar-refractivity contribution in [2.24, 2.45) is 5.92 Å². The van der Waals surface area contributed by atoms with Crippen LogP contribution in [0, 0.1) is 24.2 Å². The lowest BCUT2D eigenvalue weighted by Crippen LogP contribution is -2.13. The Labute approximate surface area is 157 Å². The molecule has 0 saturated heterocycles. The van der Waals surface area contributed by atoms with Gasteiger partial charge in [-0.2, -0.15) is 5.26 Å². The second kappa shape index (κ2) is 6.57. The maximum atomic E-state index is 11.4. The molecule has 2 aromatic carbocycles. The minimum absolute atomic E-state index is 0.476. The summed E-state index contributed by atoms with van der Waals surface area (Å²) in [5.74, 6) is 0.476. The Morgan fingerprint density at radius 3 is 2.81 bits per heavy atom. The number of aromatic nitrogens is 3. The number of aryl methyl sites for hydroxylation is 1. The van der Waals surface area contributed by atoms with Crippen LogP contribution in [0.3, 0.4) is 0 Å². The summed E-state index contributed by atoms with van der Waals surface area (Å²) >= 11 is 0. The maximum absolute atomic E-state index is 11.4. The first-order valence-corrected chi connectivity index (χ1v) is 9.13. The van der Waals surface area contributed by atoms with Gasteiger partial charge in [0, 0.05) is 22.7 Å². The van der Waals surface area contributed by atoms with Gasteiger partial charge in [0.25, 0.3) is 0 Å². The van der Waals surface area contributed by atoms with Gasteiger partial charge in [-0.1, -0.05) is 19.9 Å². The fraction of sp³-hybridized carbons (Fsp3) is 0.273. The van der Waals surface area contributed by atoms with E-state index in [2.05, 4.69) is 42.9 Å². The zero-order valence-electron chi connectivity index (χ0n) is 15.7. The number of hydrogen-bond donors (Lipinski definition) is 2. The van der Waals surface area contributed by atoms with E-state index in [0.29, 0.717) is 17.0 Å². The molecule has 2 N–H and O–H groups in total. The molecule has 0 bridgehead atoms. The van der Waals surface area contributed by atoms with Crippen LogP contribution in [0.5, 0.6) is 0 Å². The molecule has 0 aliphatic rings. The van der Waals surface area contributed by atoms with Crippen LogP contribution in [0.1, 0.15) is 42.3 Å². The second-order valence-corrected chi connectivity index (χ2v) is 7.47. The Morgan fingerprint density at radius 2 is 2.07 bits per heavy atom. The molecule has 5 heteroatoms. The Hall–Kier alpha value is -3.10. The van der Waals surface area contributed by atoms with Crippen LogP contribution >= 0.6 is 0 Å². The number of H-pyrrole nitrogens is 1. The fourth-order valence-corrected chi connectivity index (χ4v) is 3.85. The van der Waals surface area contributed by atoms with Crippen LogP contribution in [0.2, 0.25) is 0 Å². The van der Waals surface area contributed by atoms with Crippen molar-refractivity contribution >= 4 is 21.9 Å². The van der Waals surface area contributed by atoms with Gasteiger partial charge in [-0.05, 0) is 54.7 Å². The molecule has 1 unspecified atom stereocenters. The van der Waals surface area contributed by atoms with E-state index >= 15 is 0 Å². The number of nitrogens with one attached hydrogen (secondary N) is 1. The number of rotatable bonds is 4. The van der Waals surface area contributed by atoms with E-state index in [1.165, 1.54) is 5.56 Å². The molecule has 4 aromatic rings. The van der Waals surface area contributed by atoms with Gasteiger partial charge < -0.3 is 10.1 Å². The number of aliphatic hydroxyl groups is 1. The summed E-state index contributed by atoms with van der Waals surface area (Å²) in [6.07, 6.45) is 3.60. The first-order valence-electron chi connectivity index (χ1n) is 9.13. The van der Waals surface area contributed by atoms with E-state index in [0.717, 1.165) is 34.0 Å². The monoisotopic (exact) mass is 358 g/mol. The molecule has 0 spiro atoms. The van der Waals surface area contributed by atoms with Gasteiger partial charge in [0.2, 0.25) is 0 Å². The average Bonchev–Trinajstić information content (AvgIpc) is 3.27. The van der Waals surface area contributed by atoms with Gasteiger partial charge in [-0.3, -0.25) is 4.57 Å². The predicted octanol–water partition coefficient (Wildman–Crippen LogP) is 4.44. The lowest BCUT2D eigenvalue weighted by Gasteiger charge is -2.21. The van der Waals surface area contributed by atoms with Crippen LogP contribution in [-0.2, 0) is 6.42 Å². The molecule has 0 aliphatic carbocycles. The van der Waals surface area contributed by atoms with Crippen LogP contribution in [-0.4, -0.2) is 19.6 Å². The van der Waals surface area contributed by atoms with Gasteiger partial charge in [0.05, 0.1) is 29.0 Å². The highest BCUT2D eigenvalue weighted by atomic mass is 16.3. The first kappa shape index (κ1) is 17.3. The summed E-state index contributed by atoms with van der Waals surface area (Å²) in [7, 11) is 0. The highest BCUT2D eigenvalue weighted by Crippen LogP contribution is 2.33. The third kappa shape index (κ3) is 2.88. The smallest absolute Gasteiger partial charge is 0.159 e. The second-order valence-electron chi connectivity index (χ2n) is 7.47. The SMILES string of the molecule is Cc1cc(CC(C)C)c(C(O)n2cnc3cc(C#N)ccc32)c2cc[nH]c12. The standard InChI is InChI=1S/C22H22N4O/c1-13(2)8-16-9-14(3)21-17(6-7-24-21)20(16)22(27)26-12-25-18-10-15(11-23)4-5-19(18)26/h4-7,9-10,12-13,22,24,27H,8H2,1-3H3.